The van der Waals surface area contributed by atoms with Crippen molar-refractivity contribution in [3.05, 3.63) is 35.6 Å². The number of hydrogen-bond donors (Lipinski definition) is 1. The zero-order valence-electron chi connectivity index (χ0n) is 7.46. The van der Waals surface area contributed by atoms with Crippen LogP contribution in [0.1, 0.15) is 24.9 Å². The molecule has 0 aromatic heterocycles. The first-order valence-corrected chi connectivity index (χ1v) is 4.10. The highest BCUT2D eigenvalue weighted by molar-refractivity contribution is 5.76. The Labute approximate surface area is 76.6 Å². The molecular weight excluding hydrogens is 169 g/mol. The van der Waals surface area contributed by atoms with Crippen LogP contribution in [-0.2, 0) is 4.79 Å². The normalized spacial score (nSPS) is 12.5. The number of nitrogens with two attached hydrogens (primary N) is 1. The third-order valence-electron chi connectivity index (χ3n) is 1.81. The Morgan fingerprint density at radius 2 is 2.15 bits per heavy atom. The van der Waals surface area contributed by atoms with Gasteiger partial charge in [-0.15, -0.1) is 0 Å². The quantitative estimate of drug-likeness (QED) is 0.772. The van der Waals surface area contributed by atoms with Gasteiger partial charge in [-0.2, -0.15) is 0 Å². The van der Waals surface area contributed by atoms with Gasteiger partial charge in [-0.1, -0.05) is 18.2 Å². The smallest absolute Gasteiger partial charge is 0.131 e. The second-order valence-corrected chi connectivity index (χ2v) is 3.03. The van der Waals surface area contributed by atoms with E-state index in [4.69, 9.17) is 5.73 Å². The third kappa shape index (κ3) is 2.63. The third-order valence-corrected chi connectivity index (χ3v) is 1.81. The Morgan fingerprint density at radius 3 is 2.69 bits per heavy atom. The summed E-state index contributed by atoms with van der Waals surface area (Å²) >= 11 is 0. The lowest BCUT2D eigenvalue weighted by molar-refractivity contribution is -0.117. The Bertz CT molecular complexity index is 312. The van der Waals surface area contributed by atoms with Gasteiger partial charge in [-0.3, -0.25) is 4.79 Å². The summed E-state index contributed by atoms with van der Waals surface area (Å²) < 4.78 is 13.1. The van der Waals surface area contributed by atoms with Gasteiger partial charge in [-0.05, 0) is 13.0 Å². The first kappa shape index (κ1) is 9.86. The minimum atomic E-state index is -0.529. The van der Waals surface area contributed by atoms with Crippen LogP contribution in [0.2, 0.25) is 0 Å². The maximum Gasteiger partial charge on any atom is 0.131 e. The van der Waals surface area contributed by atoms with Gasteiger partial charge in [0.15, 0.2) is 0 Å². The Hall–Kier alpha value is -1.22. The van der Waals surface area contributed by atoms with Gasteiger partial charge in [0.05, 0.1) is 0 Å². The van der Waals surface area contributed by atoms with Gasteiger partial charge < -0.3 is 5.73 Å². The molecule has 0 aliphatic rings. The van der Waals surface area contributed by atoms with Crippen molar-refractivity contribution >= 4 is 5.78 Å². The monoisotopic (exact) mass is 181 g/mol. The fourth-order valence-corrected chi connectivity index (χ4v) is 1.20. The van der Waals surface area contributed by atoms with E-state index in [9.17, 15) is 9.18 Å². The molecule has 1 unspecified atom stereocenters. The van der Waals surface area contributed by atoms with Crippen molar-refractivity contribution in [3.63, 3.8) is 0 Å². The number of rotatable bonds is 3. The van der Waals surface area contributed by atoms with Gasteiger partial charge in [0.1, 0.15) is 11.6 Å². The summed E-state index contributed by atoms with van der Waals surface area (Å²) in [6, 6.07) is 5.72. The summed E-state index contributed by atoms with van der Waals surface area (Å²) in [7, 11) is 0. The molecule has 0 saturated heterocycles. The van der Waals surface area contributed by atoms with E-state index in [1.54, 1.807) is 18.2 Å². The molecule has 0 aliphatic heterocycles. The van der Waals surface area contributed by atoms with Crippen molar-refractivity contribution in [1.82, 2.24) is 0 Å². The topological polar surface area (TPSA) is 43.1 Å². The van der Waals surface area contributed by atoms with Gasteiger partial charge in [0, 0.05) is 18.0 Å². The number of Topliss-reactive ketones (excluding diaryl/α,β-unsaturated/α-hetero) is 1. The number of carbonyl (C=O) groups excluding carboxylic acids is 1. The Balaban J connectivity index is 2.82. The van der Waals surface area contributed by atoms with Gasteiger partial charge in [-0.25, -0.2) is 4.39 Å². The summed E-state index contributed by atoms with van der Waals surface area (Å²) in [5, 5.41) is 0. The second kappa shape index (κ2) is 4.14. The summed E-state index contributed by atoms with van der Waals surface area (Å²) in [5.41, 5.74) is 6.04. The number of carbonyl (C=O) groups is 1. The fraction of sp³-hybridized carbons (Fsp3) is 0.300. The van der Waals surface area contributed by atoms with Crippen LogP contribution < -0.4 is 5.73 Å². The molecule has 0 bridgehead atoms. The van der Waals surface area contributed by atoms with Crippen LogP contribution >= 0.6 is 0 Å². The van der Waals surface area contributed by atoms with E-state index in [0.717, 1.165) is 0 Å². The maximum absolute atomic E-state index is 13.1. The molecule has 13 heavy (non-hydrogen) atoms. The standard InChI is InChI=1S/C10H12FNO/c1-7(13)6-10(12)8-4-2-3-5-9(8)11/h2-5,10H,6,12H2,1H3. The van der Waals surface area contributed by atoms with Crippen molar-refractivity contribution in [2.45, 2.75) is 19.4 Å². The van der Waals surface area contributed by atoms with E-state index in [0.29, 0.717) is 5.56 Å². The molecule has 0 spiro atoms. The van der Waals surface area contributed by atoms with E-state index in [2.05, 4.69) is 0 Å². The van der Waals surface area contributed by atoms with Crippen molar-refractivity contribution in [2.24, 2.45) is 5.73 Å². The molecular formula is C10H12FNO. The highest BCUT2D eigenvalue weighted by Gasteiger charge is 2.11. The molecule has 0 heterocycles. The van der Waals surface area contributed by atoms with Crippen LogP contribution in [0.4, 0.5) is 4.39 Å². The lowest BCUT2D eigenvalue weighted by Crippen LogP contribution is -2.15. The summed E-state index contributed by atoms with van der Waals surface area (Å²) in [4.78, 5) is 10.7. The van der Waals surface area contributed by atoms with Gasteiger partial charge in [0.25, 0.3) is 0 Å². The lowest BCUT2D eigenvalue weighted by atomic mass is 10.0. The Kier molecular flexibility index (Phi) is 3.14. The van der Waals surface area contributed by atoms with Gasteiger partial charge in [0.2, 0.25) is 0 Å². The van der Waals surface area contributed by atoms with Crippen molar-refractivity contribution in [3.8, 4) is 0 Å². The molecule has 1 aromatic carbocycles. The van der Waals surface area contributed by atoms with Crippen molar-refractivity contribution < 1.29 is 9.18 Å². The van der Waals surface area contributed by atoms with Crippen LogP contribution in [0.5, 0.6) is 0 Å². The molecule has 1 rings (SSSR count). The molecule has 3 heteroatoms. The first-order valence-electron chi connectivity index (χ1n) is 4.10. The molecule has 0 saturated carbocycles. The summed E-state index contributed by atoms with van der Waals surface area (Å²) in [5.74, 6) is -0.382. The van der Waals surface area contributed by atoms with E-state index < -0.39 is 6.04 Å². The number of hydrogen-bond acceptors (Lipinski definition) is 2. The van der Waals surface area contributed by atoms with Crippen LogP contribution in [0, 0.1) is 5.82 Å². The average molecular weight is 181 g/mol. The van der Waals surface area contributed by atoms with Crippen LogP contribution in [0.3, 0.4) is 0 Å². The van der Waals surface area contributed by atoms with Crippen LogP contribution in [-0.4, -0.2) is 5.78 Å². The van der Waals surface area contributed by atoms with E-state index >= 15 is 0 Å². The van der Waals surface area contributed by atoms with Gasteiger partial charge >= 0.3 is 0 Å². The Morgan fingerprint density at radius 1 is 1.54 bits per heavy atom. The summed E-state index contributed by atoms with van der Waals surface area (Å²) in [6.07, 6.45) is 0.181. The minimum absolute atomic E-state index is 0.0317. The number of halogens is 1. The van der Waals surface area contributed by atoms with Crippen LogP contribution in [0.15, 0.2) is 24.3 Å². The highest BCUT2D eigenvalue weighted by atomic mass is 19.1. The fourth-order valence-electron chi connectivity index (χ4n) is 1.20. The predicted molar refractivity (Wildman–Crippen MR) is 48.6 cm³/mol. The molecule has 0 aliphatic carbocycles. The van der Waals surface area contributed by atoms with E-state index in [1.807, 2.05) is 0 Å². The highest BCUT2D eigenvalue weighted by Crippen LogP contribution is 2.17. The average Bonchev–Trinajstić information content (AvgIpc) is 2.03. The molecule has 0 amide bonds. The lowest BCUT2D eigenvalue weighted by Gasteiger charge is -2.10. The largest absolute Gasteiger partial charge is 0.323 e. The molecule has 0 fully saturated rings. The summed E-state index contributed by atoms with van der Waals surface area (Å²) in [6.45, 7) is 1.45. The number of benzene rings is 1. The molecule has 0 radical (unpaired) electrons. The predicted octanol–water partition coefficient (Wildman–Crippen LogP) is 1.80. The molecule has 1 aromatic rings. The molecule has 1 atom stereocenters. The van der Waals surface area contributed by atoms with Crippen molar-refractivity contribution in [2.75, 3.05) is 0 Å². The molecule has 2 N–H and O–H groups in total. The minimum Gasteiger partial charge on any atom is -0.323 e. The second-order valence-electron chi connectivity index (χ2n) is 3.03. The molecule has 2 nitrogen and oxygen atoms in total. The zero-order valence-corrected chi connectivity index (χ0v) is 7.46. The zero-order chi connectivity index (χ0) is 9.84. The SMILES string of the molecule is CC(=O)CC(N)c1ccccc1F. The van der Waals surface area contributed by atoms with E-state index in [-0.39, 0.29) is 18.0 Å². The molecule has 70 valence electrons. The number of ketones is 1. The van der Waals surface area contributed by atoms with Crippen LogP contribution in [0.25, 0.3) is 0 Å². The van der Waals surface area contributed by atoms with Crippen molar-refractivity contribution in [1.29, 1.82) is 0 Å². The van der Waals surface area contributed by atoms with E-state index in [1.165, 1.54) is 13.0 Å². The maximum atomic E-state index is 13.1. The first-order chi connectivity index (χ1) is 6.11.